The van der Waals surface area contributed by atoms with Crippen LogP contribution < -0.4 is 0 Å². The Kier molecular flexibility index (Phi) is 6.93. The second-order valence-corrected chi connectivity index (χ2v) is 13.1. The van der Waals surface area contributed by atoms with Crippen molar-refractivity contribution in [1.29, 1.82) is 0 Å². The second-order valence-electron chi connectivity index (χ2n) is 9.49. The number of benzene rings is 2. The summed E-state index contributed by atoms with van der Waals surface area (Å²) in [4.78, 5) is 0. The van der Waals surface area contributed by atoms with E-state index in [4.69, 9.17) is 0 Å². The topological polar surface area (TPSA) is 9.86 Å². The van der Waals surface area contributed by atoms with Crippen LogP contribution in [-0.4, -0.2) is 15.5 Å². The summed E-state index contributed by atoms with van der Waals surface area (Å²) in [6.07, 6.45) is 11.0. The molecule has 4 heteroatoms. The average Bonchev–Trinajstić information content (AvgIpc) is 3.59. The number of aromatic nitrogens is 2. The van der Waals surface area contributed by atoms with Gasteiger partial charge in [0.15, 0.2) is 0 Å². The molecule has 6 rings (SSSR count). The molecular weight excluding hydrogens is 527 g/mol. The molecule has 4 aromatic rings. The molecule has 0 N–H and O–H groups in total. The Morgan fingerprint density at radius 1 is 0.629 bits per heavy atom. The van der Waals surface area contributed by atoms with E-state index >= 15 is 0 Å². The van der Waals surface area contributed by atoms with Gasteiger partial charge in [0.1, 0.15) is 0 Å². The van der Waals surface area contributed by atoms with Crippen molar-refractivity contribution in [2.75, 3.05) is 6.38 Å². The van der Waals surface area contributed by atoms with Crippen molar-refractivity contribution in [2.24, 2.45) is 0 Å². The molecule has 2 heterocycles. The Labute approximate surface area is 225 Å². The minimum atomic E-state index is -1.00. The molecule has 2 aromatic heterocycles. The molecule has 0 saturated carbocycles. The van der Waals surface area contributed by atoms with Crippen LogP contribution in [0, 0.1) is 27.7 Å². The van der Waals surface area contributed by atoms with Crippen LogP contribution in [0.25, 0.3) is 23.5 Å². The number of aryl methyl sites for hydroxylation is 4. The monoisotopic (exact) mass is 556 g/mol. The maximum absolute atomic E-state index is 4.64. The molecule has 0 saturated heterocycles. The molecule has 176 valence electrons. The predicted molar refractivity (Wildman–Crippen MR) is 146 cm³/mol. The van der Waals surface area contributed by atoms with E-state index in [2.05, 4.69) is 134 Å². The van der Waals surface area contributed by atoms with E-state index in [0.717, 1.165) is 0 Å². The van der Waals surface area contributed by atoms with Crippen molar-refractivity contribution in [3.8, 4) is 0 Å². The van der Waals surface area contributed by atoms with Gasteiger partial charge in [-0.05, 0) is 0 Å². The van der Waals surface area contributed by atoms with Crippen LogP contribution in [0.3, 0.4) is 0 Å². The number of alkyl halides is 1. The predicted octanol–water partition coefficient (Wildman–Crippen LogP) is 8.27. The molecule has 0 aliphatic heterocycles. The summed E-state index contributed by atoms with van der Waals surface area (Å²) in [5.74, 6) is 0. The molecule has 2 aromatic carbocycles. The Morgan fingerprint density at radius 2 is 1.03 bits per heavy atom. The quantitative estimate of drug-likeness (QED) is 0.223. The zero-order chi connectivity index (χ0) is 24.7. The van der Waals surface area contributed by atoms with Crippen LogP contribution in [0.15, 0.2) is 73.1 Å². The molecule has 2 unspecified atom stereocenters. The molecule has 2 nitrogen and oxygen atoms in total. The van der Waals surface area contributed by atoms with Crippen molar-refractivity contribution in [3.05, 3.63) is 118 Å². The van der Waals surface area contributed by atoms with E-state index < -0.39 is 23.2 Å². The fourth-order valence-corrected chi connectivity index (χ4v) is 10.5. The molecule has 0 fully saturated rings. The van der Waals surface area contributed by atoms with Crippen LogP contribution in [0.1, 0.15) is 52.0 Å². The third-order valence-corrected chi connectivity index (χ3v) is 11.6. The van der Waals surface area contributed by atoms with Crippen LogP contribution >= 0.6 is 11.6 Å². The Morgan fingerprint density at radius 3 is 1.40 bits per heavy atom. The van der Waals surface area contributed by atoms with Gasteiger partial charge in [0, 0.05) is 6.38 Å². The van der Waals surface area contributed by atoms with Gasteiger partial charge in [0.25, 0.3) is 0 Å². The third kappa shape index (κ3) is 4.39. The molecular formula is C31H31ClN2Zr. The normalized spacial score (nSPS) is 17.8. The number of rotatable bonds is 4. The SMILES string of the molecule is CCl.Cc1cc(C)n(C2=Cc3ccccc3[CH]2[Zr][CH]2C(n3cc(C)cc3C)=Cc3ccccc32)c1. The Balaban J connectivity index is 0.00000124. The number of nitrogens with zero attached hydrogens (tertiary/aromatic N) is 2. The van der Waals surface area contributed by atoms with Gasteiger partial charge in [-0.1, -0.05) is 0 Å². The standard InChI is InChI=1S/2C15H14N.CH3Cl.Zr/c2*1-11-7-12(2)16(10-11)15-8-13-5-3-4-6-14(13)9-15;1-2;/h2*3-10H,1-2H3;1H3;. The first-order valence-electron chi connectivity index (χ1n) is 12.1. The average molecular weight is 558 g/mol. The summed E-state index contributed by atoms with van der Waals surface area (Å²) < 4.78 is 5.95. The van der Waals surface area contributed by atoms with Gasteiger partial charge in [-0.3, -0.25) is 0 Å². The number of hydrogen-bond donors (Lipinski definition) is 0. The fourth-order valence-electron chi connectivity index (χ4n) is 5.59. The number of allylic oxidation sites excluding steroid dienone is 2. The number of fused-ring (bicyclic) bond motifs is 2. The van der Waals surface area contributed by atoms with Crippen LogP contribution in [-0.2, 0) is 23.2 Å². The molecule has 0 spiro atoms. The summed E-state index contributed by atoms with van der Waals surface area (Å²) in [5, 5.41) is 0. The third-order valence-electron chi connectivity index (χ3n) is 7.00. The second kappa shape index (κ2) is 9.96. The summed E-state index contributed by atoms with van der Waals surface area (Å²) in [6, 6.07) is 22.7. The molecule has 0 radical (unpaired) electrons. The molecule has 2 atom stereocenters. The Bertz CT molecular complexity index is 1340. The summed E-state index contributed by atoms with van der Waals surface area (Å²) in [5.41, 5.74) is 14.1. The van der Waals surface area contributed by atoms with E-state index in [1.54, 1.807) is 0 Å². The minimum absolute atomic E-state index is 0.520. The van der Waals surface area contributed by atoms with Gasteiger partial charge < -0.3 is 0 Å². The first kappa shape index (κ1) is 24.4. The summed E-state index contributed by atoms with van der Waals surface area (Å²) in [7, 11) is 0. The first-order valence-corrected chi connectivity index (χ1v) is 15.7. The van der Waals surface area contributed by atoms with E-state index in [-0.39, 0.29) is 0 Å². The number of halogens is 1. The van der Waals surface area contributed by atoms with Crippen molar-refractivity contribution in [2.45, 2.75) is 34.9 Å². The number of hydrogen-bond acceptors (Lipinski definition) is 0. The van der Waals surface area contributed by atoms with Crippen molar-refractivity contribution in [1.82, 2.24) is 9.13 Å². The van der Waals surface area contributed by atoms with Crippen molar-refractivity contribution in [3.63, 3.8) is 0 Å². The van der Waals surface area contributed by atoms with Crippen LogP contribution in [0.5, 0.6) is 0 Å². The van der Waals surface area contributed by atoms with E-state index in [1.807, 2.05) is 0 Å². The Hall–Kier alpha value is -2.35. The fraction of sp³-hybridized carbons (Fsp3) is 0.226. The molecule has 2 aliphatic rings. The molecule has 0 amide bonds. The van der Waals surface area contributed by atoms with E-state index in [9.17, 15) is 0 Å². The van der Waals surface area contributed by atoms with Crippen molar-refractivity contribution < 1.29 is 23.2 Å². The zero-order valence-corrected chi connectivity index (χ0v) is 24.2. The van der Waals surface area contributed by atoms with E-state index in [0.29, 0.717) is 7.25 Å². The maximum atomic E-state index is 4.64. The summed E-state index contributed by atoms with van der Waals surface area (Å²) in [6.45, 7) is 8.88. The van der Waals surface area contributed by atoms with Crippen molar-refractivity contribution >= 4 is 35.1 Å². The molecule has 35 heavy (non-hydrogen) atoms. The molecule has 2 aliphatic carbocycles. The van der Waals surface area contributed by atoms with Gasteiger partial charge in [-0.15, -0.1) is 11.6 Å². The van der Waals surface area contributed by atoms with Crippen LogP contribution in [0.2, 0.25) is 0 Å². The first-order chi connectivity index (χ1) is 17.0. The van der Waals surface area contributed by atoms with E-state index in [1.165, 1.54) is 62.5 Å². The molecule has 0 bridgehead atoms. The van der Waals surface area contributed by atoms with Gasteiger partial charge in [0.05, 0.1) is 0 Å². The zero-order valence-electron chi connectivity index (χ0n) is 21.0. The van der Waals surface area contributed by atoms with Gasteiger partial charge in [-0.25, -0.2) is 0 Å². The van der Waals surface area contributed by atoms with Gasteiger partial charge in [-0.2, -0.15) is 0 Å². The van der Waals surface area contributed by atoms with Crippen LogP contribution in [0.4, 0.5) is 0 Å². The summed E-state index contributed by atoms with van der Waals surface area (Å²) >= 11 is 3.63. The van der Waals surface area contributed by atoms with Gasteiger partial charge >= 0.3 is 209 Å². The van der Waals surface area contributed by atoms with Gasteiger partial charge in [0.2, 0.25) is 0 Å².